The Bertz CT molecular complexity index is 1100. The monoisotopic (exact) mass is 429 g/mol. The fraction of sp³-hybridized carbons (Fsp3) is 0.296. The molecule has 1 saturated carbocycles. The van der Waals surface area contributed by atoms with Crippen molar-refractivity contribution in [2.24, 2.45) is 11.8 Å². The van der Waals surface area contributed by atoms with E-state index in [2.05, 4.69) is 12.1 Å². The molecule has 32 heavy (non-hydrogen) atoms. The van der Waals surface area contributed by atoms with Crippen LogP contribution in [-0.4, -0.2) is 46.3 Å². The molecule has 5 rings (SSSR count). The molecule has 3 aromatic carbocycles. The first-order valence-corrected chi connectivity index (χ1v) is 11.2. The van der Waals surface area contributed by atoms with E-state index in [9.17, 15) is 15.0 Å². The molecular formula is C27H27NO4. The highest BCUT2D eigenvalue weighted by Crippen LogP contribution is 2.40. The number of rotatable bonds is 4. The zero-order valence-corrected chi connectivity index (χ0v) is 17.8. The molecule has 1 aliphatic carbocycles. The van der Waals surface area contributed by atoms with Crippen LogP contribution < -0.4 is 4.74 Å². The standard InChI is InChI=1S/C27H27NO4/c29-22-10-6-9-19(13-22)27(31)28-16-20-14-24(30)26(15-21(20)17-28)32-25-12-5-4-11-23(25)18-7-2-1-3-8-18/h1-13,20-21,24,26,29-30H,14-17H2/t20-,21+,24+,26+/m0/s1. The Balaban J connectivity index is 1.30. The van der Waals surface area contributed by atoms with Crippen LogP contribution in [-0.2, 0) is 0 Å². The van der Waals surface area contributed by atoms with Crippen LogP contribution in [0.2, 0.25) is 0 Å². The van der Waals surface area contributed by atoms with Crippen LogP contribution in [0.1, 0.15) is 23.2 Å². The summed E-state index contributed by atoms with van der Waals surface area (Å²) in [5.74, 6) is 1.33. The predicted molar refractivity (Wildman–Crippen MR) is 123 cm³/mol. The van der Waals surface area contributed by atoms with E-state index in [-0.39, 0.29) is 29.6 Å². The van der Waals surface area contributed by atoms with E-state index in [1.807, 2.05) is 47.4 Å². The summed E-state index contributed by atoms with van der Waals surface area (Å²) in [6.07, 6.45) is 0.443. The van der Waals surface area contributed by atoms with E-state index in [1.54, 1.807) is 18.2 Å². The minimum atomic E-state index is -0.573. The number of nitrogens with zero attached hydrogens (tertiary/aromatic N) is 1. The normalized spacial score (nSPS) is 24.7. The fourth-order valence-electron chi connectivity index (χ4n) is 5.09. The summed E-state index contributed by atoms with van der Waals surface area (Å²) >= 11 is 0. The van der Waals surface area contributed by atoms with Crippen LogP contribution in [0, 0.1) is 11.8 Å². The minimum absolute atomic E-state index is 0.0725. The van der Waals surface area contributed by atoms with Gasteiger partial charge in [0.1, 0.15) is 17.6 Å². The van der Waals surface area contributed by atoms with Crippen molar-refractivity contribution in [3.05, 3.63) is 84.4 Å². The zero-order valence-electron chi connectivity index (χ0n) is 17.8. The van der Waals surface area contributed by atoms with Gasteiger partial charge in [0.2, 0.25) is 0 Å². The first kappa shape index (κ1) is 20.6. The van der Waals surface area contributed by atoms with E-state index in [4.69, 9.17) is 4.74 Å². The lowest BCUT2D eigenvalue weighted by atomic mass is 9.78. The van der Waals surface area contributed by atoms with Gasteiger partial charge in [0.15, 0.2) is 0 Å². The highest BCUT2D eigenvalue weighted by atomic mass is 16.5. The van der Waals surface area contributed by atoms with Crippen LogP contribution in [0.25, 0.3) is 11.1 Å². The lowest BCUT2D eigenvalue weighted by Gasteiger charge is -2.35. The third-order valence-electron chi connectivity index (χ3n) is 6.72. The summed E-state index contributed by atoms with van der Waals surface area (Å²) < 4.78 is 6.37. The lowest BCUT2D eigenvalue weighted by molar-refractivity contribution is -0.0228. The maximum atomic E-state index is 12.9. The maximum absolute atomic E-state index is 12.9. The van der Waals surface area contributed by atoms with Crippen molar-refractivity contribution in [2.75, 3.05) is 13.1 Å². The molecule has 1 saturated heterocycles. The second kappa shape index (κ2) is 8.67. The topological polar surface area (TPSA) is 70.0 Å². The summed E-state index contributed by atoms with van der Waals surface area (Å²) in [5, 5.41) is 20.6. The smallest absolute Gasteiger partial charge is 0.254 e. The van der Waals surface area contributed by atoms with Crippen molar-refractivity contribution in [2.45, 2.75) is 25.0 Å². The molecule has 2 fully saturated rings. The molecular weight excluding hydrogens is 402 g/mol. The number of hydrogen-bond acceptors (Lipinski definition) is 4. The molecule has 0 unspecified atom stereocenters. The molecule has 0 bridgehead atoms. The van der Waals surface area contributed by atoms with Crippen molar-refractivity contribution in [3.63, 3.8) is 0 Å². The molecule has 0 spiro atoms. The third kappa shape index (κ3) is 4.08. The van der Waals surface area contributed by atoms with Crippen molar-refractivity contribution in [3.8, 4) is 22.6 Å². The molecule has 0 radical (unpaired) electrons. The largest absolute Gasteiger partial charge is 0.508 e. The van der Waals surface area contributed by atoms with Gasteiger partial charge >= 0.3 is 0 Å². The van der Waals surface area contributed by atoms with Gasteiger partial charge in [0.05, 0.1) is 6.10 Å². The Labute approximate surface area is 187 Å². The lowest BCUT2D eigenvalue weighted by Crippen LogP contribution is -2.42. The van der Waals surface area contributed by atoms with Crippen molar-refractivity contribution < 1.29 is 19.7 Å². The second-order valence-corrected chi connectivity index (χ2v) is 8.84. The molecule has 2 N–H and O–H groups in total. The average Bonchev–Trinajstić information content (AvgIpc) is 3.22. The number of aromatic hydroxyl groups is 1. The summed E-state index contributed by atoms with van der Waals surface area (Å²) in [6, 6.07) is 24.5. The second-order valence-electron chi connectivity index (χ2n) is 8.84. The Morgan fingerprint density at radius 3 is 2.38 bits per heavy atom. The maximum Gasteiger partial charge on any atom is 0.254 e. The van der Waals surface area contributed by atoms with Gasteiger partial charge in [-0.2, -0.15) is 0 Å². The molecule has 164 valence electrons. The van der Waals surface area contributed by atoms with Crippen molar-refractivity contribution in [1.82, 2.24) is 4.90 Å². The molecule has 1 amide bonds. The summed E-state index contributed by atoms with van der Waals surface area (Å²) in [7, 11) is 0. The molecule has 2 aliphatic rings. The van der Waals surface area contributed by atoms with E-state index in [0.717, 1.165) is 16.9 Å². The molecule has 5 heteroatoms. The highest BCUT2D eigenvalue weighted by Gasteiger charge is 2.44. The van der Waals surface area contributed by atoms with Crippen LogP contribution in [0.4, 0.5) is 0 Å². The number of hydrogen-bond donors (Lipinski definition) is 2. The van der Waals surface area contributed by atoms with E-state index < -0.39 is 6.10 Å². The number of amides is 1. The van der Waals surface area contributed by atoms with Crippen molar-refractivity contribution in [1.29, 1.82) is 0 Å². The van der Waals surface area contributed by atoms with Gasteiger partial charge in [0, 0.05) is 24.2 Å². The van der Waals surface area contributed by atoms with Gasteiger partial charge in [-0.3, -0.25) is 4.79 Å². The first-order chi connectivity index (χ1) is 15.6. The summed E-state index contributed by atoms with van der Waals surface area (Å²) in [6.45, 7) is 1.27. The quantitative estimate of drug-likeness (QED) is 0.647. The average molecular weight is 430 g/mol. The number of aliphatic hydroxyl groups excluding tert-OH is 1. The Morgan fingerprint density at radius 2 is 1.59 bits per heavy atom. The number of para-hydroxylation sites is 1. The number of likely N-dealkylation sites (tertiary alicyclic amines) is 1. The molecule has 1 aliphatic heterocycles. The molecule has 4 atom stereocenters. The van der Waals surface area contributed by atoms with Gasteiger partial charge in [-0.05, 0) is 54.5 Å². The summed E-state index contributed by atoms with van der Waals surface area (Å²) in [4.78, 5) is 14.8. The van der Waals surface area contributed by atoms with Gasteiger partial charge in [0.25, 0.3) is 5.91 Å². The molecule has 0 aromatic heterocycles. The van der Waals surface area contributed by atoms with Gasteiger partial charge in [-0.1, -0.05) is 54.6 Å². The number of benzene rings is 3. The third-order valence-corrected chi connectivity index (χ3v) is 6.72. The SMILES string of the molecule is O=C(c1cccc(O)c1)N1C[C@H]2C[C@@H](Oc3ccccc3-c3ccccc3)[C@H](O)C[C@H]2C1. The van der Waals surface area contributed by atoms with Crippen LogP contribution in [0.5, 0.6) is 11.5 Å². The van der Waals surface area contributed by atoms with Gasteiger partial charge < -0.3 is 19.8 Å². The van der Waals surface area contributed by atoms with Crippen LogP contribution >= 0.6 is 0 Å². The molecule has 1 heterocycles. The number of aliphatic hydroxyl groups is 1. The van der Waals surface area contributed by atoms with E-state index >= 15 is 0 Å². The van der Waals surface area contributed by atoms with Gasteiger partial charge in [-0.25, -0.2) is 0 Å². The number of fused-ring (bicyclic) bond motifs is 1. The number of carbonyl (C=O) groups is 1. The van der Waals surface area contributed by atoms with Crippen LogP contribution in [0.3, 0.4) is 0 Å². The number of phenolic OH excluding ortho intramolecular Hbond substituents is 1. The molecule has 5 nitrogen and oxygen atoms in total. The molecule has 3 aromatic rings. The Hall–Kier alpha value is -3.31. The Morgan fingerprint density at radius 1 is 0.875 bits per heavy atom. The minimum Gasteiger partial charge on any atom is -0.508 e. The highest BCUT2D eigenvalue weighted by molar-refractivity contribution is 5.94. The van der Waals surface area contributed by atoms with Crippen LogP contribution in [0.15, 0.2) is 78.9 Å². The number of carbonyl (C=O) groups excluding carboxylic acids is 1. The van der Waals surface area contributed by atoms with Gasteiger partial charge in [-0.15, -0.1) is 0 Å². The number of phenols is 1. The number of ether oxygens (including phenoxy) is 1. The zero-order chi connectivity index (χ0) is 22.1. The Kier molecular flexibility index (Phi) is 5.58. The van der Waals surface area contributed by atoms with E-state index in [0.29, 0.717) is 31.5 Å². The fourth-order valence-corrected chi connectivity index (χ4v) is 5.09. The predicted octanol–water partition coefficient (Wildman–Crippen LogP) is 4.35. The summed E-state index contributed by atoms with van der Waals surface area (Å²) in [5.41, 5.74) is 2.58. The van der Waals surface area contributed by atoms with E-state index in [1.165, 1.54) is 6.07 Å². The van der Waals surface area contributed by atoms with Crippen molar-refractivity contribution >= 4 is 5.91 Å². The first-order valence-electron chi connectivity index (χ1n) is 11.2.